The number of anilines is 2. The van der Waals surface area contributed by atoms with Gasteiger partial charge in [-0.25, -0.2) is 4.98 Å². The molecule has 2 aromatic carbocycles. The molecule has 0 bridgehead atoms. The van der Waals surface area contributed by atoms with Crippen LogP contribution in [0, 0.1) is 0 Å². The number of benzene rings is 2. The number of rotatable bonds is 4. The van der Waals surface area contributed by atoms with Gasteiger partial charge in [0, 0.05) is 22.3 Å². The number of H-pyrrole nitrogens is 1. The zero-order chi connectivity index (χ0) is 18.8. The van der Waals surface area contributed by atoms with E-state index < -0.39 is 0 Å². The highest BCUT2D eigenvalue weighted by Crippen LogP contribution is 2.31. The molecule has 0 atom stereocenters. The van der Waals surface area contributed by atoms with E-state index in [9.17, 15) is 4.79 Å². The second kappa shape index (κ2) is 7.09. The molecule has 4 aromatic rings. The molecule has 0 unspecified atom stereocenters. The number of pyridine rings is 1. The number of hydrogen-bond acceptors (Lipinski definition) is 5. The smallest absolute Gasteiger partial charge is 0.262 e. The Hall–Kier alpha value is -3.38. The highest BCUT2D eigenvalue weighted by Gasteiger charge is 2.14. The first-order valence-corrected chi connectivity index (χ1v) is 8.59. The van der Waals surface area contributed by atoms with Crippen LogP contribution in [0.25, 0.3) is 22.2 Å². The Kier molecular flexibility index (Phi) is 4.48. The molecular weight excluding hydrogens is 364 g/mol. The fourth-order valence-corrected chi connectivity index (χ4v) is 3.14. The Balaban J connectivity index is 1.84. The van der Waals surface area contributed by atoms with Gasteiger partial charge in [0.2, 0.25) is 5.95 Å². The Labute approximate surface area is 159 Å². The molecule has 134 valence electrons. The average Bonchev–Trinajstić information content (AvgIpc) is 2.68. The van der Waals surface area contributed by atoms with E-state index in [0.717, 1.165) is 5.56 Å². The molecule has 2 N–H and O–H groups in total. The molecule has 0 radical (unpaired) electrons. The van der Waals surface area contributed by atoms with Crippen molar-refractivity contribution < 1.29 is 4.74 Å². The van der Waals surface area contributed by atoms with E-state index in [4.69, 9.17) is 16.3 Å². The van der Waals surface area contributed by atoms with E-state index in [-0.39, 0.29) is 11.5 Å². The Morgan fingerprint density at radius 1 is 1.04 bits per heavy atom. The summed E-state index contributed by atoms with van der Waals surface area (Å²) >= 11 is 6.30. The number of para-hydroxylation sites is 2. The van der Waals surface area contributed by atoms with Crippen molar-refractivity contribution in [3.05, 3.63) is 76.2 Å². The highest BCUT2D eigenvalue weighted by atomic mass is 35.5. The first-order valence-electron chi connectivity index (χ1n) is 8.21. The normalized spacial score (nSPS) is 10.7. The highest BCUT2D eigenvalue weighted by molar-refractivity contribution is 6.33. The Bertz CT molecular complexity index is 1190. The zero-order valence-electron chi connectivity index (χ0n) is 14.4. The van der Waals surface area contributed by atoms with Crippen molar-refractivity contribution >= 4 is 34.3 Å². The minimum atomic E-state index is -0.305. The quantitative estimate of drug-likeness (QED) is 0.550. The van der Waals surface area contributed by atoms with Gasteiger partial charge in [-0.3, -0.25) is 9.78 Å². The van der Waals surface area contributed by atoms with Crippen LogP contribution in [0.3, 0.4) is 0 Å². The van der Waals surface area contributed by atoms with Gasteiger partial charge in [0.15, 0.2) is 5.65 Å². The third kappa shape index (κ3) is 3.22. The number of ether oxygens (including phenoxy) is 1. The summed E-state index contributed by atoms with van der Waals surface area (Å²) < 4.78 is 5.31. The van der Waals surface area contributed by atoms with Crippen molar-refractivity contribution in [3.8, 4) is 16.9 Å². The molecule has 4 rings (SSSR count). The summed E-state index contributed by atoms with van der Waals surface area (Å²) in [6.45, 7) is 0. The van der Waals surface area contributed by atoms with Crippen molar-refractivity contribution in [2.75, 3.05) is 12.4 Å². The SMILES string of the molecule is COc1ccccc1Nc1nc2nccc(-c3ccccc3Cl)c2c(=O)[nH]1. The van der Waals surface area contributed by atoms with Crippen LogP contribution in [0.1, 0.15) is 0 Å². The van der Waals surface area contributed by atoms with Crippen LogP contribution in [-0.4, -0.2) is 22.1 Å². The van der Waals surface area contributed by atoms with Crippen LogP contribution in [0.4, 0.5) is 11.6 Å². The summed E-state index contributed by atoms with van der Waals surface area (Å²) in [4.78, 5) is 24.3. The number of hydrogen-bond donors (Lipinski definition) is 2. The molecule has 0 aliphatic heterocycles. The van der Waals surface area contributed by atoms with E-state index >= 15 is 0 Å². The van der Waals surface area contributed by atoms with Gasteiger partial charge in [0.25, 0.3) is 5.56 Å². The number of fused-ring (bicyclic) bond motifs is 1. The Morgan fingerprint density at radius 3 is 2.63 bits per heavy atom. The Morgan fingerprint density at radius 2 is 1.81 bits per heavy atom. The maximum atomic E-state index is 12.8. The van der Waals surface area contributed by atoms with E-state index in [1.54, 1.807) is 25.4 Å². The minimum Gasteiger partial charge on any atom is -0.495 e. The molecule has 0 saturated heterocycles. The lowest BCUT2D eigenvalue weighted by Gasteiger charge is -2.11. The van der Waals surface area contributed by atoms with E-state index in [1.165, 1.54) is 0 Å². The number of halogens is 1. The third-order valence-electron chi connectivity index (χ3n) is 4.13. The number of nitrogens with zero attached hydrogens (tertiary/aromatic N) is 2. The first kappa shape index (κ1) is 17.1. The van der Waals surface area contributed by atoms with Gasteiger partial charge in [-0.1, -0.05) is 41.9 Å². The van der Waals surface area contributed by atoms with Crippen molar-refractivity contribution in [2.45, 2.75) is 0 Å². The van der Waals surface area contributed by atoms with Crippen molar-refractivity contribution in [1.29, 1.82) is 0 Å². The summed E-state index contributed by atoms with van der Waals surface area (Å²) in [5, 5.41) is 4.01. The van der Waals surface area contributed by atoms with Gasteiger partial charge >= 0.3 is 0 Å². The molecule has 0 saturated carbocycles. The molecule has 0 fully saturated rings. The lowest BCUT2D eigenvalue weighted by atomic mass is 10.0. The number of aromatic nitrogens is 3. The minimum absolute atomic E-state index is 0.279. The second-order valence-corrected chi connectivity index (χ2v) is 6.18. The van der Waals surface area contributed by atoms with Crippen molar-refractivity contribution in [3.63, 3.8) is 0 Å². The molecular formula is C20H15ClN4O2. The van der Waals surface area contributed by atoms with Crippen LogP contribution in [-0.2, 0) is 0 Å². The van der Waals surface area contributed by atoms with Gasteiger partial charge in [0.1, 0.15) is 5.75 Å². The molecule has 0 aliphatic carbocycles. The third-order valence-corrected chi connectivity index (χ3v) is 4.46. The van der Waals surface area contributed by atoms with Crippen LogP contribution in [0.2, 0.25) is 5.02 Å². The van der Waals surface area contributed by atoms with Gasteiger partial charge in [-0.2, -0.15) is 4.98 Å². The lowest BCUT2D eigenvalue weighted by molar-refractivity contribution is 0.417. The molecule has 0 aliphatic rings. The number of methoxy groups -OCH3 is 1. The van der Waals surface area contributed by atoms with Gasteiger partial charge in [-0.15, -0.1) is 0 Å². The van der Waals surface area contributed by atoms with Gasteiger partial charge in [0.05, 0.1) is 18.2 Å². The summed E-state index contributed by atoms with van der Waals surface area (Å²) in [6, 6.07) is 16.5. The monoisotopic (exact) mass is 378 g/mol. The maximum Gasteiger partial charge on any atom is 0.262 e. The fraction of sp³-hybridized carbons (Fsp3) is 0.0500. The summed E-state index contributed by atoms with van der Waals surface area (Å²) in [7, 11) is 1.58. The summed E-state index contributed by atoms with van der Waals surface area (Å²) in [5.74, 6) is 0.916. The van der Waals surface area contributed by atoms with Gasteiger partial charge in [-0.05, 0) is 24.3 Å². The van der Waals surface area contributed by atoms with Crippen molar-refractivity contribution in [2.24, 2.45) is 0 Å². The molecule has 2 aromatic heterocycles. The second-order valence-electron chi connectivity index (χ2n) is 5.78. The molecule has 6 nitrogen and oxygen atoms in total. The molecule has 0 spiro atoms. The van der Waals surface area contributed by atoms with E-state index in [2.05, 4.69) is 20.3 Å². The number of nitrogens with one attached hydrogen (secondary N) is 2. The summed E-state index contributed by atoms with van der Waals surface area (Å²) in [6.07, 6.45) is 1.61. The van der Waals surface area contributed by atoms with Crippen LogP contribution >= 0.6 is 11.6 Å². The van der Waals surface area contributed by atoms with Gasteiger partial charge < -0.3 is 10.1 Å². The predicted octanol–water partition coefficient (Wildman–Crippen LogP) is 4.39. The average molecular weight is 379 g/mol. The molecule has 27 heavy (non-hydrogen) atoms. The van der Waals surface area contributed by atoms with Crippen molar-refractivity contribution in [1.82, 2.24) is 15.0 Å². The lowest BCUT2D eigenvalue weighted by Crippen LogP contribution is -2.13. The molecule has 2 heterocycles. The largest absolute Gasteiger partial charge is 0.495 e. The summed E-state index contributed by atoms with van der Waals surface area (Å²) in [5.41, 5.74) is 2.14. The topological polar surface area (TPSA) is 79.9 Å². The fourth-order valence-electron chi connectivity index (χ4n) is 2.90. The van der Waals surface area contributed by atoms with E-state index in [1.807, 2.05) is 42.5 Å². The molecule has 7 heteroatoms. The van der Waals surface area contributed by atoms with Crippen LogP contribution in [0.15, 0.2) is 65.6 Å². The zero-order valence-corrected chi connectivity index (χ0v) is 15.1. The van der Waals surface area contributed by atoms with Crippen LogP contribution in [0.5, 0.6) is 5.75 Å². The molecule has 0 amide bonds. The predicted molar refractivity (Wildman–Crippen MR) is 107 cm³/mol. The van der Waals surface area contributed by atoms with E-state index in [0.29, 0.717) is 33.1 Å². The first-order chi connectivity index (χ1) is 13.2. The van der Waals surface area contributed by atoms with Crippen LogP contribution < -0.4 is 15.6 Å². The standard InChI is InChI=1S/C20H15ClN4O2/c1-27-16-9-5-4-8-15(16)23-20-24-18-17(19(26)25-20)13(10-11-22-18)12-6-2-3-7-14(12)21/h2-11H,1H3,(H2,22,23,24,25,26). The maximum absolute atomic E-state index is 12.8. The number of aromatic amines is 1.